The van der Waals surface area contributed by atoms with E-state index in [1.165, 1.54) is 12.1 Å². The molecule has 0 aliphatic carbocycles. The lowest BCUT2D eigenvalue weighted by molar-refractivity contribution is -0.139. The fraction of sp³-hybridized carbons (Fsp3) is 0.364. The molecular weight excluding hydrogens is 219 g/mol. The van der Waals surface area contributed by atoms with Crippen LogP contribution in [0.25, 0.3) is 0 Å². The molecule has 1 aromatic rings. The quantitative estimate of drug-likeness (QED) is 0.860. The summed E-state index contributed by atoms with van der Waals surface area (Å²) in [6.07, 6.45) is 1.24. The molecule has 0 amide bonds. The first kappa shape index (κ1) is 12.0. The van der Waals surface area contributed by atoms with Gasteiger partial charge in [0.25, 0.3) is 0 Å². The first-order valence-corrected chi connectivity index (χ1v) is 5.11. The first-order valence-electron chi connectivity index (χ1n) is 4.74. The van der Waals surface area contributed by atoms with Gasteiger partial charge in [-0.2, -0.15) is 0 Å². The van der Waals surface area contributed by atoms with Crippen LogP contribution in [0.2, 0.25) is 5.02 Å². The highest BCUT2D eigenvalue weighted by molar-refractivity contribution is 6.31. The van der Waals surface area contributed by atoms with E-state index >= 15 is 0 Å². The molecule has 1 aromatic carbocycles. The molecule has 0 saturated heterocycles. The Morgan fingerprint density at radius 3 is 2.73 bits per heavy atom. The molecule has 0 fully saturated rings. The van der Waals surface area contributed by atoms with Gasteiger partial charge in [0.05, 0.1) is 5.92 Å². The van der Waals surface area contributed by atoms with E-state index in [9.17, 15) is 9.18 Å². The van der Waals surface area contributed by atoms with Crippen molar-refractivity contribution in [3.63, 3.8) is 0 Å². The molecule has 4 heteroatoms. The summed E-state index contributed by atoms with van der Waals surface area (Å²) in [7, 11) is 0. The Morgan fingerprint density at radius 2 is 2.27 bits per heavy atom. The lowest BCUT2D eigenvalue weighted by Gasteiger charge is -2.13. The van der Waals surface area contributed by atoms with Crippen molar-refractivity contribution in [1.29, 1.82) is 0 Å². The van der Waals surface area contributed by atoms with Crippen LogP contribution in [0.1, 0.15) is 31.2 Å². The number of hydrogen-bond donors (Lipinski definition) is 1. The number of benzene rings is 1. The molecular formula is C11H12ClFO2. The SMILES string of the molecule is CCCC(C(=O)O)c1ccc(F)cc1Cl. The minimum Gasteiger partial charge on any atom is -0.481 e. The number of halogens is 2. The van der Waals surface area contributed by atoms with Gasteiger partial charge in [-0.25, -0.2) is 4.39 Å². The van der Waals surface area contributed by atoms with Gasteiger partial charge in [-0.15, -0.1) is 0 Å². The highest BCUT2D eigenvalue weighted by Gasteiger charge is 2.21. The van der Waals surface area contributed by atoms with Gasteiger partial charge in [-0.1, -0.05) is 31.0 Å². The molecule has 0 aliphatic rings. The van der Waals surface area contributed by atoms with Crippen LogP contribution >= 0.6 is 11.6 Å². The molecule has 15 heavy (non-hydrogen) atoms. The van der Waals surface area contributed by atoms with Crippen molar-refractivity contribution in [2.45, 2.75) is 25.7 Å². The second-order valence-electron chi connectivity index (χ2n) is 3.35. The number of rotatable bonds is 4. The highest BCUT2D eigenvalue weighted by atomic mass is 35.5. The second kappa shape index (κ2) is 5.12. The first-order chi connectivity index (χ1) is 7.06. The third-order valence-electron chi connectivity index (χ3n) is 2.21. The summed E-state index contributed by atoms with van der Waals surface area (Å²) in [5.74, 6) is -2.03. The third-order valence-corrected chi connectivity index (χ3v) is 2.54. The maximum Gasteiger partial charge on any atom is 0.311 e. The van der Waals surface area contributed by atoms with Gasteiger partial charge < -0.3 is 5.11 Å². The molecule has 0 radical (unpaired) electrons. The smallest absolute Gasteiger partial charge is 0.311 e. The van der Waals surface area contributed by atoms with E-state index < -0.39 is 17.7 Å². The van der Waals surface area contributed by atoms with E-state index in [-0.39, 0.29) is 5.02 Å². The molecule has 2 nitrogen and oxygen atoms in total. The molecule has 1 N–H and O–H groups in total. The molecule has 0 spiro atoms. The third kappa shape index (κ3) is 2.93. The molecule has 1 atom stereocenters. The van der Waals surface area contributed by atoms with E-state index in [1.54, 1.807) is 0 Å². The maximum atomic E-state index is 12.8. The normalized spacial score (nSPS) is 12.5. The van der Waals surface area contributed by atoms with Crippen LogP contribution in [-0.4, -0.2) is 11.1 Å². The van der Waals surface area contributed by atoms with Crippen molar-refractivity contribution in [1.82, 2.24) is 0 Å². The van der Waals surface area contributed by atoms with Crippen LogP contribution in [0.4, 0.5) is 4.39 Å². The standard InChI is InChI=1S/C11H12ClFO2/c1-2-3-9(11(14)15)8-5-4-7(13)6-10(8)12/h4-6,9H,2-3H2,1H3,(H,14,15). The Bertz CT molecular complexity index is 366. The lowest BCUT2D eigenvalue weighted by Crippen LogP contribution is -2.11. The minimum atomic E-state index is -0.926. The van der Waals surface area contributed by atoms with Gasteiger partial charge >= 0.3 is 5.97 Å². The van der Waals surface area contributed by atoms with Crippen molar-refractivity contribution in [2.75, 3.05) is 0 Å². The van der Waals surface area contributed by atoms with Gasteiger partial charge in [-0.3, -0.25) is 4.79 Å². The fourth-order valence-corrected chi connectivity index (χ4v) is 1.78. The Balaban J connectivity index is 3.05. The summed E-state index contributed by atoms with van der Waals surface area (Å²) in [5.41, 5.74) is 0.479. The summed E-state index contributed by atoms with van der Waals surface area (Å²) in [6, 6.07) is 3.81. The van der Waals surface area contributed by atoms with Crippen LogP contribution in [0.15, 0.2) is 18.2 Å². The maximum absolute atomic E-state index is 12.8. The van der Waals surface area contributed by atoms with Gasteiger partial charge in [0.15, 0.2) is 0 Å². The largest absolute Gasteiger partial charge is 0.481 e. The van der Waals surface area contributed by atoms with Crippen LogP contribution in [0, 0.1) is 5.82 Å². The van der Waals surface area contributed by atoms with E-state index in [0.29, 0.717) is 12.0 Å². The van der Waals surface area contributed by atoms with Crippen LogP contribution in [0.3, 0.4) is 0 Å². The summed E-state index contributed by atoms with van der Waals surface area (Å²) in [6.45, 7) is 1.90. The molecule has 82 valence electrons. The number of carboxylic acid groups (broad SMARTS) is 1. The van der Waals surface area contributed by atoms with Crippen molar-refractivity contribution in [3.8, 4) is 0 Å². The zero-order valence-electron chi connectivity index (χ0n) is 8.34. The van der Waals surface area contributed by atoms with Crippen molar-refractivity contribution < 1.29 is 14.3 Å². The van der Waals surface area contributed by atoms with Crippen LogP contribution in [-0.2, 0) is 4.79 Å². The van der Waals surface area contributed by atoms with E-state index in [0.717, 1.165) is 12.5 Å². The predicted molar refractivity (Wildman–Crippen MR) is 56.7 cm³/mol. The molecule has 1 unspecified atom stereocenters. The predicted octanol–water partition coefficient (Wildman–Crippen LogP) is 3.45. The number of hydrogen-bond acceptors (Lipinski definition) is 1. The summed E-state index contributed by atoms with van der Waals surface area (Å²) < 4.78 is 12.8. The fourth-order valence-electron chi connectivity index (χ4n) is 1.48. The monoisotopic (exact) mass is 230 g/mol. The Hall–Kier alpha value is -1.09. The Kier molecular flexibility index (Phi) is 4.09. The average Bonchev–Trinajstić information content (AvgIpc) is 2.15. The topological polar surface area (TPSA) is 37.3 Å². The molecule has 0 saturated carbocycles. The Labute approximate surface area is 92.7 Å². The molecule has 0 bridgehead atoms. The molecule has 0 aromatic heterocycles. The van der Waals surface area contributed by atoms with Gasteiger partial charge in [0, 0.05) is 5.02 Å². The molecule has 0 aliphatic heterocycles. The van der Waals surface area contributed by atoms with Gasteiger partial charge in [0.1, 0.15) is 5.82 Å². The zero-order chi connectivity index (χ0) is 11.4. The molecule has 0 heterocycles. The second-order valence-corrected chi connectivity index (χ2v) is 3.75. The van der Waals surface area contributed by atoms with Gasteiger partial charge in [0.2, 0.25) is 0 Å². The van der Waals surface area contributed by atoms with Crippen LogP contribution < -0.4 is 0 Å². The average molecular weight is 231 g/mol. The lowest BCUT2D eigenvalue weighted by atomic mass is 9.94. The summed E-state index contributed by atoms with van der Waals surface area (Å²) in [4.78, 5) is 11.0. The van der Waals surface area contributed by atoms with Crippen molar-refractivity contribution in [2.24, 2.45) is 0 Å². The number of aliphatic carboxylic acids is 1. The summed E-state index contributed by atoms with van der Waals surface area (Å²) in [5, 5.41) is 9.18. The van der Waals surface area contributed by atoms with Crippen molar-refractivity contribution >= 4 is 17.6 Å². The number of carbonyl (C=O) groups is 1. The number of carboxylic acids is 1. The van der Waals surface area contributed by atoms with Crippen LogP contribution in [0.5, 0.6) is 0 Å². The van der Waals surface area contributed by atoms with Gasteiger partial charge in [-0.05, 0) is 24.1 Å². The summed E-state index contributed by atoms with van der Waals surface area (Å²) >= 11 is 5.80. The van der Waals surface area contributed by atoms with E-state index in [4.69, 9.17) is 16.7 Å². The van der Waals surface area contributed by atoms with E-state index in [1.807, 2.05) is 6.92 Å². The molecule has 1 rings (SSSR count). The van der Waals surface area contributed by atoms with E-state index in [2.05, 4.69) is 0 Å². The zero-order valence-corrected chi connectivity index (χ0v) is 9.09. The Morgan fingerprint density at radius 1 is 1.60 bits per heavy atom. The highest BCUT2D eigenvalue weighted by Crippen LogP contribution is 2.28. The van der Waals surface area contributed by atoms with Crippen molar-refractivity contribution in [3.05, 3.63) is 34.6 Å². The minimum absolute atomic E-state index is 0.177.